The zero-order valence-electron chi connectivity index (χ0n) is 15.5. The zero-order chi connectivity index (χ0) is 17.5. The lowest BCUT2D eigenvalue weighted by atomic mass is 10.2. The summed E-state index contributed by atoms with van der Waals surface area (Å²) in [6.07, 6.45) is 1.92. The van der Waals surface area contributed by atoms with Gasteiger partial charge in [0.1, 0.15) is 0 Å². The molecule has 25 heavy (non-hydrogen) atoms. The van der Waals surface area contributed by atoms with Gasteiger partial charge in [0.15, 0.2) is 5.96 Å². The molecule has 1 aliphatic rings. The summed E-state index contributed by atoms with van der Waals surface area (Å²) in [4.78, 5) is 23.2. The van der Waals surface area contributed by atoms with Crippen molar-refractivity contribution in [3.63, 3.8) is 0 Å². The van der Waals surface area contributed by atoms with Gasteiger partial charge in [0, 0.05) is 37.0 Å². The van der Waals surface area contributed by atoms with E-state index in [0.717, 1.165) is 49.1 Å². The molecule has 1 saturated heterocycles. The van der Waals surface area contributed by atoms with Crippen LogP contribution in [0.4, 0.5) is 0 Å². The minimum atomic E-state index is 0. The van der Waals surface area contributed by atoms with Crippen molar-refractivity contribution in [2.75, 3.05) is 19.6 Å². The number of nitrogens with one attached hydrogen (secondary N) is 2. The number of carbonyl (C=O) groups excluding carboxylic acids is 1. The molecule has 0 aliphatic carbocycles. The third kappa shape index (κ3) is 6.73. The first kappa shape index (κ1) is 22.1. The van der Waals surface area contributed by atoms with Crippen LogP contribution in [-0.2, 0) is 17.8 Å². The quantitative estimate of drug-likeness (QED) is 0.374. The van der Waals surface area contributed by atoms with Gasteiger partial charge < -0.3 is 15.5 Å². The Morgan fingerprint density at radius 3 is 2.84 bits per heavy atom. The van der Waals surface area contributed by atoms with Crippen LogP contribution in [0.2, 0.25) is 0 Å². The molecule has 1 atom stereocenters. The predicted octanol–water partition coefficient (Wildman–Crippen LogP) is 2.64. The Bertz CT molecular complexity index is 575. The number of hydrogen-bond acceptors (Lipinski definition) is 4. The van der Waals surface area contributed by atoms with Gasteiger partial charge in [-0.2, -0.15) is 0 Å². The average molecular weight is 479 g/mol. The van der Waals surface area contributed by atoms with Gasteiger partial charge in [-0.05, 0) is 19.8 Å². The number of thiazole rings is 1. The molecular formula is C17H30IN5OS. The predicted molar refractivity (Wildman–Crippen MR) is 115 cm³/mol. The Kier molecular flexibility index (Phi) is 9.70. The van der Waals surface area contributed by atoms with Crippen LogP contribution in [0.5, 0.6) is 0 Å². The maximum atomic E-state index is 12.1. The Hall–Kier alpha value is -0.900. The van der Waals surface area contributed by atoms with E-state index in [1.165, 1.54) is 0 Å². The second kappa shape index (κ2) is 10.9. The molecule has 0 aromatic carbocycles. The first-order chi connectivity index (χ1) is 11.5. The standard InChI is InChI=1S/C17H29N5OS.HI/c1-5-15-20-14(11-24-15)9-19-17(18-6-2)21-13-7-8-22(10-13)16(23)12(3)4;/h11-13H,5-10H2,1-4H3,(H2,18,19,21);1H. The molecule has 1 aromatic rings. The molecule has 1 aromatic heterocycles. The molecule has 2 rings (SSSR count). The molecule has 0 saturated carbocycles. The molecule has 142 valence electrons. The highest BCUT2D eigenvalue weighted by molar-refractivity contribution is 14.0. The number of halogens is 1. The third-order valence-corrected chi connectivity index (χ3v) is 5.02. The number of amides is 1. The Morgan fingerprint density at radius 2 is 2.24 bits per heavy atom. The van der Waals surface area contributed by atoms with E-state index in [-0.39, 0.29) is 41.8 Å². The first-order valence-electron chi connectivity index (χ1n) is 8.80. The molecular weight excluding hydrogens is 449 g/mol. The minimum Gasteiger partial charge on any atom is -0.357 e. The topological polar surface area (TPSA) is 69.6 Å². The van der Waals surface area contributed by atoms with Gasteiger partial charge in [-0.1, -0.05) is 20.8 Å². The highest BCUT2D eigenvalue weighted by Gasteiger charge is 2.27. The van der Waals surface area contributed by atoms with Crippen LogP contribution in [0.15, 0.2) is 10.4 Å². The zero-order valence-corrected chi connectivity index (χ0v) is 18.7. The maximum absolute atomic E-state index is 12.1. The molecule has 2 N–H and O–H groups in total. The van der Waals surface area contributed by atoms with Gasteiger partial charge in [0.05, 0.1) is 17.2 Å². The van der Waals surface area contributed by atoms with Gasteiger partial charge in [-0.15, -0.1) is 35.3 Å². The fourth-order valence-electron chi connectivity index (χ4n) is 2.70. The molecule has 0 radical (unpaired) electrons. The summed E-state index contributed by atoms with van der Waals surface area (Å²) in [7, 11) is 0. The summed E-state index contributed by atoms with van der Waals surface area (Å²) in [6.45, 7) is 11.0. The number of aliphatic imine (C=N–C) groups is 1. The van der Waals surface area contributed by atoms with Crippen LogP contribution in [0.3, 0.4) is 0 Å². The number of hydrogen-bond donors (Lipinski definition) is 2. The van der Waals surface area contributed by atoms with E-state index in [9.17, 15) is 4.79 Å². The summed E-state index contributed by atoms with van der Waals surface area (Å²) in [5, 5.41) is 9.95. The van der Waals surface area contributed by atoms with Gasteiger partial charge >= 0.3 is 0 Å². The monoisotopic (exact) mass is 479 g/mol. The van der Waals surface area contributed by atoms with Crippen LogP contribution >= 0.6 is 35.3 Å². The van der Waals surface area contributed by atoms with E-state index < -0.39 is 0 Å². The van der Waals surface area contributed by atoms with E-state index in [0.29, 0.717) is 6.54 Å². The summed E-state index contributed by atoms with van der Waals surface area (Å²) < 4.78 is 0. The maximum Gasteiger partial charge on any atom is 0.225 e. The lowest BCUT2D eigenvalue weighted by molar-refractivity contribution is -0.133. The summed E-state index contributed by atoms with van der Waals surface area (Å²) in [6, 6.07) is 0.257. The molecule has 1 unspecified atom stereocenters. The fraction of sp³-hybridized carbons (Fsp3) is 0.706. The highest BCUT2D eigenvalue weighted by Crippen LogP contribution is 2.13. The van der Waals surface area contributed by atoms with Crippen molar-refractivity contribution in [2.24, 2.45) is 10.9 Å². The normalized spacial score (nSPS) is 17.6. The van der Waals surface area contributed by atoms with Crippen LogP contribution < -0.4 is 10.6 Å². The summed E-state index contributed by atoms with van der Waals surface area (Å²) in [5.74, 6) is 1.09. The van der Waals surface area contributed by atoms with E-state index in [1.54, 1.807) is 11.3 Å². The molecule has 1 aliphatic heterocycles. The molecule has 0 bridgehead atoms. The number of carbonyl (C=O) groups is 1. The molecule has 1 fully saturated rings. The largest absolute Gasteiger partial charge is 0.357 e. The second-order valence-corrected chi connectivity index (χ2v) is 7.29. The van der Waals surface area contributed by atoms with Crippen molar-refractivity contribution in [3.05, 3.63) is 16.1 Å². The number of rotatable bonds is 6. The number of aromatic nitrogens is 1. The van der Waals surface area contributed by atoms with Crippen molar-refractivity contribution in [2.45, 2.75) is 53.1 Å². The van der Waals surface area contributed by atoms with Crippen molar-refractivity contribution >= 4 is 47.2 Å². The number of guanidine groups is 1. The Morgan fingerprint density at radius 1 is 1.48 bits per heavy atom. The smallest absolute Gasteiger partial charge is 0.225 e. The molecule has 8 heteroatoms. The van der Waals surface area contributed by atoms with Gasteiger partial charge in [0.25, 0.3) is 0 Å². The number of aryl methyl sites for hydroxylation is 1. The molecule has 1 amide bonds. The number of likely N-dealkylation sites (tertiary alicyclic amines) is 1. The van der Waals surface area contributed by atoms with Crippen LogP contribution in [-0.4, -0.2) is 47.4 Å². The SMILES string of the molecule is CCNC(=NCc1csc(CC)n1)NC1CCN(C(=O)C(C)C)C1.I. The Balaban J connectivity index is 0.00000312. The molecule has 0 spiro atoms. The average Bonchev–Trinajstić information content (AvgIpc) is 3.21. The highest BCUT2D eigenvalue weighted by atomic mass is 127. The fourth-order valence-corrected chi connectivity index (χ4v) is 3.44. The number of nitrogens with zero attached hydrogens (tertiary/aromatic N) is 3. The van der Waals surface area contributed by atoms with Crippen molar-refractivity contribution < 1.29 is 4.79 Å². The van der Waals surface area contributed by atoms with Gasteiger partial charge in [-0.3, -0.25) is 4.79 Å². The van der Waals surface area contributed by atoms with Crippen molar-refractivity contribution in [1.82, 2.24) is 20.5 Å². The minimum absolute atomic E-state index is 0. The summed E-state index contributed by atoms with van der Waals surface area (Å²) in [5.41, 5.74) is 1.01. The third-order valence-electron chi connectivity index (χ3n) is 3.98. The van der Waals surface area contributed by atoms with Crippen LogP contribution in [0.1, 0.15) is 44.8 Å². The van der Waals surface area contributed by atoms with Crippen LogP contribution in [0.25, 0.3) is 0 Å². The van der Waals surface area contributed by atoms with Crippen molar-refractivity contribution in [1.29, 1.82) is 0 Å². The lowest BCUT2D eigenvalue weighted by Gasteiger charge is -2.20. The molecule has 2 heterocycles. The summed E-state index contributed by atoms with van der Waals surface area (Å²) >= 11 is 1.69. The van der Waals surface area contributed by atoms with Gasteiger partial charge in [0.2, 0.25) is 5.91 Å². The Labute approximate surface area is 171 Å². The lowest BCUT2D eigenvalue weighted by Crippen LogP contribution is -2.45. The molecule has 6 nitrogen and oxygen atoms in total. The van der Waals surface area contributed by atoms with E-state index >= 15 is 0 Å². The van der Waals surface area contributed by atoms with E-state index in [1.807, 2.05) is 18.7 Å². The van der Waals surface area contributed by atoms with E-state index in [4.69, 9.17) is 0 Å². The van der Waals surface area contributed by atoms with E-state index in [2.05, 4.69) is 39.8 Å². The van der Waals surface area contributed by atoms with Gasteiger partial charge in [-0.25, -0.2) is 9.98 Å². The van der Waals surface area contributed by atoms with Crippen LogP contribution in [0, 0.1) is 5.92 Å². The van der Waals surface area contributed by atoms with Crippen molar-refractivity contribution in [3.8, 4) is 0 Å². The first-order valence-corrected chi connectivity index (χ1v) is 9.68. The second-order valence-electron chi connectivity index (χ2n) is 6.35.